The van der Waals surface area contributed by atoms with Crippen LogP contribution >= 0.6 is 0 Å². The lowest BCUT2D eigenvalue weighted by molar-refractivity contribution is -0.152. The third-order valence-electron chi connectivity index (χ3n) is 4.19. The number of hydrogen-bond donors (Lipinski definition) is 1. The highest BCUT2D eigenvalue weighted by atomic mass is 16.5. The third-order valence-corrected chi connectivity index (χ3v) is 4.19. The van der Waals surface area contributed by atoms with Crippen molar-refractivity contribution in [3.05, 3.63) is 0 Å². The summed E-state index contributed by atoms with van der Waals surface area (Å²) in [5.74, 6) is 0.506. The zero-order valence-corrected chi connectivity index (χ0v) is 11.9. The van der Waals surface area contributed by atoms with E-state index in [4.69, 9.17) is 4.74 Å². The molecule has 2 fully saturated rings. The summed E-state index contributed by atoms with van der Waals surface area (Å²) in [4.78, 5) is 14.9. The summed E-state index contributed by atoms with van der Waals surface area (Å²) in [6.07, 6.45) is 3.21. The van der Waals surface area contributed by atoms with Gasteiger partial charge in [-0.05, 0) is 45.2 Å². The molecule has 2 unspecified atom stereocenters. The molecule has 2 heterocycles. The number of nitrogens with zero attached hydrogens (tertiary/aromatic N) is 1. The zero-order chi connectivity index (χ0) is 13.2. The van der Waals surface area contributed by atoms with Crippen LogP contribution in [0.25, 0.3) is 0 Å². The van der Waals surface area contributed by atoms with Gasteiger partial charge in [-0.15, -0.1) is 0 Å². The first-order valence-electron chi connectivity index (χ1n) is 7.26. The van der Waals surface area contributed by atoms with Crippen LogP contribution in [0.5, 0.6) is 0 Å². The van der Waals surface area contributed by atoms with Crippen molar-refractivity contribution in [2.45, 2.75) is 51.6 Å². The first-order valence-corrected chi connectivity index (χ1v) is 7.26. The Morgan fingerprint density at radius 1 is 1.50 bits per heavy atom. The lowest BCUT2D eigenvalue weighted by Crippen LogP contribution is -2.60. The van der Waals surface area contributed by atoms with E-state index >= 15 is 0 Å². The van der Waals surface area contributed by atoms with Gasteiger partial charge in [0.15, 0.2) is 0 Å². The van der Waals surface area contributed by atoms with Crippen LogP contribution in [0.4, 0.5) is 0 Å². The normalized spacial score (nSPS) is 31.9. The molecule has 2 aliphatic rings. The first kappa shape index (κ1) is 13.8. The molecular formula is C14H26N2O2. The molecule has 0 bridgehead atoms. The van der Waals surface area contributed by atoms with Crippen molar-refractivity contribution >= 4 is 5.97 Å². The molecule has 0 saturated carbocycles. The average Bonchev–Trinajstić information content (AvgIpc) is 2.88. The van der Waals surface area contributed by atoms with E-state index in [-0.39, 0.29) is 5.97 Å². The Bertz CT molecular complexity index is 306. The van der Waals surface area contributed by atoms with Crippen LogP contribution < -0.4 is 5.32 Å². The van der Waals surface area contributed by atoms with E-state index < -0.39 is 5.54 Å². The molecule has 1 N–H and O–H groups in total. The van der Waals surface area contributed by atoms with E-state index in [1.165, 1.54) is 6.42 Å². The number of esters is 1. The van der Waals surface area contributed by atoms with Crippen LogP contribution in [0.15, 0.2) is 0 Å². The standard InChI is InChI=1S/C14H26N2O2/c1-4-18-13(17)14(15-10-11(2)3)7-9-16-8-5-6-12(14)16/h11-12,15H,4-10H2,1-3H3. The molecule has 104 valence electrons. The minimum absolute atomic E-state index is 0.0416. The molecule has 0 radical (unpaired) electrons. The summed E-state index contributed by atoms with van der Waals surface area (Å²) >= 11 is 0. The summed E-state index contributed by atoms with van der Waals surface area (Å²) in [5.41, 5.74) is -0.448. The van der Waals surface area contributed by atoms with Crippen LogP contribution in [0.1, 0.15) is 40.0 Å². The van der Waals surface area contributed by atoms with Gasteiger partial charge in [-0.25, -0.2) is 4.79 Å². The highest BCUT2D eigenvalue weighted by Crippen LogP contribution is 2.37. The number of rotatable bonds is 5. The van der Waals surface area contributed by atoms with E-state index in [0.717, 1.165) is 32.5 Å². The van der Waals surface area contributed by atoms with Gasteiger partial charge in [0.05, 0.1) is 6.61 Å². The average molecular weight is 254 g/mol. The largest absolute Gasteiger partial charge is 0.465 e. The molecule has 2 saturated heterocycles. The monoisotopic (exact) mass is 254 g/mol. The minimum Gasteiger partial charge on any atom is -0.465 e. The van der Waals surface area contributed by atoms with Gasteiger partial charge in [-0.2, -0.15) is 0 Å². The number of ether oxygens (including phenoxy) is 1. The molecule has 0 aromatic carbocycles. The van der Waals surface area contributed by atoms with E-state index in [9.17, 15) is 4.79 Å². The number of carbonyl (C=O) groups excluding carboxylic acids is 1. The van der Waals surface area contributed by atoms with Crippen molar-refractivity contribution in [1.82, 2.24) is 10.2 Å². The molecule has 0 amide bonds. The second-order valence-corrected chi connectivity index (χ2v) is 5.91. The zero-order valence-electron chi connectivity index (χ0n) is 11.9. The molecule has 4 heteroatoms. The Kier molecular flexibility index (Phi) is 4.28. The van der Waals surface area contributed by atoms with Crippen LogP contribution in [0, 0.1) is 5.92 Å². The number of carbonyl (C=O) groups is 1. The van der Waals surface area contributed by atoms with E-state index in [0.29, 0.717) is 18.6 Å². The Balaban J connectivity index is 2.14. The fourth-order valence-electron chi connectivity index (χ4n) is 3.30. The summed E-state index contributed by atoms with van der Waals surface area (Å²) in [6.45, 7) is 9.74. The molecule has 2 atom stereocenters. The van der Waals surface area contributed by atoms with Crippen LogP contribution in [0.2, 0.25) is 0 Å². The van der Waals surface area contributed by atoms with Gasteiger partial charge in [-0.3, -0.25) is 4.90 Å². The maximum Gasteiger partial charge on any atom is 0.328 e. The van der Waals surface area contributed by atoms with Gasteiger partial charge in [-0.1, -0.05) is 13.8 Å². The fraction of sp³-hybridized carbons (Fsp3) is 0.929. The van der Waals surface area contributed by atoms with Gasteiger partial charge >= 0.3 is 5.97 Å². The Labute approximate surface area is 110 Å². The van der Waals surface area contributed by atoms with E-state index in [1.54, 1.807) is 0 Å². The molecule has 0 aromatic rings. The lowest BCUT2D eigenvalue weighted by atomic mass is 9.88. The lowest BCUT2D eigenvalue weighted by Gasteiger charge is -2.34. The maximum absolute atomic E-state index is 12.4. The summed E-state index contributed by atoms with van der Waals surface area (Å²) in [7, 11) is 0. The van der Waals surface area contributed by atoms with Crippen LogP contribution in [-0.4, -0.2) is 48.7 Å². The fourth-order valence-corrected chi connectivity index (χ4v) is 3.30. The molecular weight excluding hydrogens is 228 g/mol. The predicted molar refractivity (Wildman–Crippen MR) is 71.4 cm³/mol. The van der Waals surface area contributed by atoms with Gasteiger partial charge in [0.2, 0.25) is 0 Å². The summed E-state index contributed by atoms with van der Waals surface area (Å²) in [6, 6.07) is 0.343. The van der Waals surface area contributed by atoms with E-state index in [2.05, 4.69) is 24.1 Å². The first-order chi connectivity index (χ1) is 8.60. The number of nitrogens with one attached hydrogen (secondary N) is 1. The van der Waals surface area contributed by atoms with Crippen molar-refractivity contribution < 1.29 is 9.53 Å². The molecule has 4 nitrogen and oxygen atoms in total. The molecule has 0 spiro atoms. The molecule has 2 rings (SSSR count). The van der Waals surface area contributed by atoms with Crippen molar-refractivity contribution in [2.24, 2.45) is 5.92 Å². The van der Waals surface area contributed by atoms with E-state index in [1.807, 2.05) is 6.92 Å². The maximum atomic E-state index is 12.4. The number of fused-ring (bicyclic) bond motifs is 1. The minimum atomic E-state index is -0.448. The topological polar surface area (TPSA) is 41.6 Å². The van der Waals surface area contributed by atoms with Crippen molar-refractivity contribution in [3.8, 4) is 0 Å². The second kappa shape index (κ2) is 5.57. The molecule has 0 aliphatic carbocycles. The Hall–Kier alpha value is -0.610. The predicted octanol–water partition coefficient (Wildman–Crippen LogP) is 1.40. The van der Waals surface area contributed by atoms with Gasteiger partial charge in [0.1, 0.15) is 5.54 Å². The molecule has 0 aromatic heterocycles. The Morgan fingerprint density at radius 3 is 2.94 bits per heavy atom. The van der Waals surface area contributed by atoms with Gasteiger partial charge in [0, 0.05) is 12.6 Å². The van der Waals surface area contributed by atoms with Crippen molar-refractivity contribution in [1.29, 1.82) is 0 Å². The molecule has 2 aliphatic heterocycles. The van der Waals surface area contributed by atoms with Gasteiger partial charge in [0.25, 0.3) is 0 Å². The van der Waals surface area contributed by atoms with Crippen molar-refractivity contribution in [2.75, 3.05) is 26.2 Å². The quantitative estimate of drug-likeness (QED) is 0.753. The summed E-state index contributed by atoms with van der Waals surface area (Å²) < 4.78 is 5.34. The summed E-state index contributed by atoms with van der Waals surface area (Å²) in [5, 5.41) is 3.53. The van der Waals surface area contributed by atoms with Gasteiger partial charge < -0.3 is 10.1 Å². The molecule has 18 heavy (non-hydrogen) atoms. The highest BCUT2D eigenvalue weighted by molar-refractivity contribution is 5.82. The van der Waals surface area contributed by atoms with Crippen LogP contribution in [0.3, 0.4) is 0 Å². The van der Waals surface area contributed by atoms with Crippen LogP contribution in [-0.2, 0) is 9.53 Å². The van der Waals surface area contributed by atoms with Crippen molar-refractivity contribution in [3.63, 3.8) is 0 Å². The Morgan fingerprint density at radius 2 is 2.28 bits per heavy atom. The second-order valence-electron chi connectivity index (χ2n) is 5.91. The highest BCUT2D eigenvalue weighted by Gasteiger charge is 2.54. The smallest absolute Gasteiger partial charge is 0.328 e. The third kappa shape index (κ3) is 2.41. The number of hydrogen-bond acceptors (Lipinski definition) is 4. The SMILES string of the molecule is CCOC(=O)C1(NCC(C)C)CCN2CCCC21.